The Kier molecular flexibility index (Phi) is 5.85. The molecule has 0 spiro atoms. The summed E-state index contributed by atoms with van der Waals surface area (Å²) < 4.78 is 20.5. The molecule has 0 saturated carbocycles. The third-order valence-electron chi connectivity index (χ3n) is 2.55. The lowest BCUT2D eigenvalue weighted by Gasteiger charge is -2.26. The first-order chi connectivity index (χ1) is 9.94. The number of carbonyl (C=O) groups excluding carboxylic acids is 2. The molecular formula is C16H26O6. The number of ether oxygens (including phenoxy) is 4. The van der Waals surface area contributed by atoms with Gasteiger partial charge in [-0.1, -0.05) is 0 Å². The second-order valence-electron chi connectivity index (χ2n) is 7.20. The average molecular weight is 314 g/mol. The molecule has 0 N–H and O–H groups in total. The minimum atomic E-state index is -0.700. The topological polar surface area (TPSA) is 71.1 Å². The minimum absolute atomic E-state index is 0.367. The van der Waals surface area contributed by atoms with E-state index in [1.807, 2.05) is 0 Å². The Morgan fingerprint density at radius 2 is 1.09 bits per heavy atom. The van der Waals surface area contributed by atoms with E-state index in [0.29, 0.717) is 12.8 Å². The van der Waals surface area contributed by atoms with Gasteiger partial charge >= 0.3 is 12.3 Å². The van der Waals surface area contributed by atoms with Gasteiger partial charge in [-0.3, -0.25) is 0 Å². The molecule has 2 unspecified atom stereocenters. The predicted octanol–water partition coefficient (Wildman–Crippen LogP) is 3.98. The third-order valence-corrected chi connectivity index (χ3v) is 2.55. The fourth-order valence-corrected chi connectivity index (χ4v) is 1.76. The molecule has 2 atom stereocenters. The molecule has 126 valence electrons. The van der Waals surface area contributed by atoms with Crippen LogP contribution in [0.25, 0.3) is 0 Å². The van der Waals surface area contributed by atoms with Crippen molar-refractivity contribution in [3.8, 4) is 0 Å². The molecule has 1 aliphatic carbocycles. The maximum absolute atomic E-state index is 11.6. The largest absolute Gasteiger partial charge is 0.509 e. The summed E-state index contributed by atoms with van der Waals surface area (Å²) in [4.78, 5) is 23.1. The minimum Gasteiger partial charge on any atom is -0.429 e. The highest BCUT2D eigenvalue weighted by Crippen LogP contribution is 2.20. The normalized spacial score (nSPS) is 21.9. The number of hydrogen-bond donors (Lipinski definition) is 0. The van der Waals surface area contributed by atoms with Crippen molar-refractivity contribution in [3.05, 3.63) is 12.2 Å². The lowest BCUT2D eigenvalue weighted by atomic mass is 10.0. The molecule has 6 nitrogen and oxygen atoms in total. The van der Waals surface area contributed by atoms with Crippen molar-refractivity contribution in [1.29, 1.82) is 0 Å². The molecule has 0 heterocycles. The smallest absolute Gasteiger partial charge is 0.429 e. The van der Waals surface area contributed by atoms with Crippen molar-refractivity contribution in [1.82, 2.24) is 0 Å². The van der Waals surface area contributed by atoms with Gasteiger partial charge in [0.2, 0.25) is 0 Å². The van der Waals surface area contributed by atoms with Crippen LogP contribution >= 0.6 is 0 Å². The van der Waals surface area contributed by atoms with E-state index < -0.39 is 23.5 Å². The van der Waals surface area contributed by atoms with Crippen molar-refractivity contribution in [3.63, 3.8) is 0 Å². The van der Waals surface area contributed by atoms with Crippen LogP contribution in [0.4, 0.5) is 9.59 Å². The van der Waals surface area contributed by atoms with E-state index in [2.05, 4.69) is 0 Å². The maximum Gasteiger partial charge on any atom is 0.509 e. The first-order valence-electron chi connectivity index (χ1n) is 7.42. The number of hydrogen-bond acceptors (Lipinski definition) is 6. The molecule has 0 aromatic rings. The van der Waals surface area contributed by atoms with Crippen LogP contribution in [0, 0.1) is 0 Å². The SMILES string of the molecule is CC(C)(C)OC(=O)OC1C=CC(OC(=O)OC(C)(C)C)CC1. The predicted molar refractivity (Wildman–Crippen MR) is 80.6 cm³/mol. The molecule has 0 saturated heterocycles. The Balaban J connectivity index is 2.39. The lowest BCUT2D eigenvalue weighted by Crippen LogP contribution is -2.31. The van der Waals surface area contributed by atoms with Crippen LogP contribution < -0.4 is 0 Å². The molecule has 22 heavy (non-hydrogen) atoms. The van der Waals surface area contributed by atoms with Crippen molar-refractivity contribution >= 4 is 12.3 Å². The lowest BCUT2D eigenvalue weighted by molar-refractivity contribution is -0.0337. The van der Waals surface area contributed by atoms with Crippen LogP contribution in [0.5, 0.6) is 0 Å². The molecule has 0 aromatic heterocycles. The first-order valence-corrected chi connectivity index (χ1v) is 7.42. The fraction of sp³-hybridized carbons (Fsp3) is 0.750. The Hall–Kier alpha value is -1.72. The van der Waals surface area contributed by atoms with Crippen molar-refractivity contribution in [2.75, 3.05) is 0 Å². The van der Waals surface area contributed by atoms with E-state index in [0.717, 1.165) is 0 Å². The summed E-state index contributed by atoms with van der Waals surface area (Å²) in [5, 5.41) is 0. The van der Waals surface area contributed by atoms with Gasteiger partial charge in [0.1, 0.15) is 23.4 Å². The highest BCUT2D eigenvalue weighted by atomic mass is 16.7. The zero-order chi connectivity index (χ0) is 17.0. The van der Waals surface area contributed by atoms with Gasteiger partial charge in [0.05, 0.1) is 0 Å². The molecule has 0 aromatic carbocycles. The molecule has 0 fully saturated rings. The number of rotatable bonds is 2. The van der Waals surface area contributed by atoms with Gasteiger partial charge in [-0.05, 0) is 66.5 Å². The molecular weight excluding hydrogens is 288 g/mol. The van der Waals surface area contributed by atoms with Gasteiger partial charge in [-0.15, -0.1) is 0 Å². The summed E-state index contributed by atoms with van der Waals surface area (Å²) in [6.07, 6.45) is 2.38. The van der Waals surface area contributed by atoms with E-state index in [-0.39, 0.29) is 12.2 Å². The molecule has 1 aliphatic rings. The Bertz CT molecular complexity index is 387. The zero-order valence-corrected chi connectivity index (χ0v) is 14.2. The van der Waals surface area contributed by atoms with E-state index in [1.54, 1.807) is 53.7 Å². The van der Waals surface area contributed by atoms with Gasteiger partial charge < -0.3 is 18.9 Å². The number of carbonyl (C=O) groups is 2. The highest BCUT2D eigenvalue weighted by Gasteiger charge is 2.26. The van der Waals surface area contributed by atoms with Gasteiger partial charge in [0.25, 0.3) is 0 Å². The molecule has 0 bridgehead atoms. The van der Waals surface area contributed by atoms with Gasteiger partial charge in [0, 0.05) is 0 Å². The Labute approximate surface area is 131 Å². The molecule has 6 heteroatoms. The van der Waals surface area contributed by atoms with Crippen LogP contribution in [0.1, 0.15) is 54.4 Å². The molecule has 0 radical (unpaired) electrons. The summed E-state index contributed by atoms with van der Waals surface area (Å²) in [5.74, 6) is 0. The first kappa shape index (κ1) is 18.3. The van der Waals surface area contributed by atoms with Gasteiger partial charge in [-0.2, -0.15) is 0 Å². The molecule has 0 amide bonds. The van der Waals surface area contributed by atoms with Gasteiger partial charge in [-0.25, -0.2) is 9.59 Å². The standard InChI is InChI=1S/C16H26O6/c1-15(2,3)21-13(17)19-11-7-9-12(10-8-11)20-14(18)22-16(4,5)6/h7,9,11-12H,8,10H2,1-6H3. The second kappa shape index (κ2) is 7.03. The molecule has 1 rings (SSSR count). The van der Waals surface area contributed by atoms with Crippen LogP contribution in [0.15, 0.2) is 12.2 Å². The Morgan fingerprint density at radius 3 is 1.32 bits per heavy atom. The summed E-state index contributed by atoms with van der Waals surface area (Å²) in [6.45, 7) is 10.6. The van der Waals surface area contributed by atoms with Crippen molar-refractivity contribution < 1.29 is 28.5 Å². The third kappa shape index (κ3) is 7.90. The fourth-order valence-electron chi connectivity index (χ4n) is 1.76. The Morgan fingerprint density at radius 1 is 0.773 bits per heavy atom. The van der Waals surface area contributed by atoms with Crippen molar-refractivity contribution in [2.24, 2.45) is 0 Å². The van der Waals surface area contributed by atoms with Crippen LogP contribution in [-0.4, -0.2) is 35.7 Å². The quantitative estimate of drug-likeness (QED) is 0.567. The van der Waals surface area contributed by atoms with Crippen LogP contribution in [-0.2, 0) is 18.9 Å². The van der Waals surface area contributed by atoms with Gasteiger partial charge in [0.15, 0.2) is 0 Å². The summed E-state index contributed by atoms with van der Waals surface area (Å²) in [5.41, 5.74) is -1.17. The molecule has 0 aliphatic heterocycles. The monoisotopic (exact) mass is 314 g/mol. The summed E-state index contributed by atoms with van der Waals surface area (Å²) >= 11 is 0. The summed E-state index contributed by atoms with van der Waals surface area (Å²) in [7, 11) is 0. The maximum atomic E-state index is 11.6. The van der Waals surface area contributed by atoms with E-state index in [4.69, 9.17) is 18.9 Å². The van der Waals surface area contributed by atoms with E-state index >= 15 is 0 Å². The van der Waals surface area contributed by atoms with E-state index in [1.165, 1.54) is 0 Å². The second-order valence-corrected chi connectivity index (χ2v) is 7.20. The zero-order valence-electron chi connectivity index (χ0n) is 14.2. The highest BCUT2D eigenvalue weighted by molar-refractivity contribution is 5.61. The average Bonchev–Trinajstić information content (AvgIpc) is 2.26. The van der Waals surface area contributed by atoms with Crippen molar-refractivity contribution in [2.45, 2.75) is 77.8 Å². The van der Waals surface area contributed by atoms with Crippen LogP contribution in [0.2, 0.25) is 0 Å². The summed E-state index contributed by atoms with van der Waals surface area (Å²) in [6, 6.07) is 0. The van der Waals surface area contributed by atoms with Crippen LogP contribution in [0.3, 0.4) is 0 Å². The van der Waals surface area contributed by atoms with E-state index in [9.17, 15) is 9.59 Å².